The van der Waals surface area contributed by atoms with Gasteiger partial charge < -0.3 is 0 Å². The molecule has 1 aliphatic rings. The molecule has 0 saturated heterocycles. The first-order chi connectivity index (χ1) is 7.43. The van der Waals surface area contributed by atoms with Gasteiger partial charge in [-0.2, -0.15) is 8.42 Å². The molecule has 2 rings (SSSR count). The van der Waals surface area contributed by atoms with E-state index in [1.807, 2.05) is 0 Å². The van der Waals surface area contributed by atoms with Crippen LogP contribution in [0.25, 0.3) is 0 Å². The first-order valence-electron chi connectivity index (χ1n) is 4.89. The molecule has 88 valence electrons. The number of rotatable bonds is 1. The third kappa shape index (κ3) is 2.74. The van der Waals surface area contributed by atoms with Crippen molar-refractivity contribution in [3.05, 3.63) is 29.8 Å². The van der Waals surface area contributed by atoms with E-state index in [9.17, 15) is 13.2 Å². The van der Waals surface area contributed by atoms with E-state index in [0.29, 0.717) is 11.3 Å². The molecule has 1 amide bonds. The van der Waals surface area contributed by atoms with Gasteiger partial charge in [0.15, 0.2) is 0 Å². The van der Waals surface area contributed by atoms with E-state index in [1.165, 1.54) is 0 Å². The summed E-state index contributed by atoms with van der Waals surface area (Å²) in [5, 5.41) is 0. The fraction of sp³-hybridized carbons (Fsp3) is 0.300. The van der Waals surface area contributed by atoms with Crippen LogP contribution in [0.1, 0.15) is 24.2 Å². The van der Waals surface area contributed by atoms with Crippen molar-refractivity contribution in [3.8, 4) is 0 Å². The van der Waals surface area contributed by atoms with Crippen LogP contribution in [0.15, 0.2) is 24.3 Å². The van der Waals surface area contributed by atoms with Gasteiger partial charge in [-0.3, -0.25) is 9.52 Å². The van der Waals surface area contributed by atoms with Crippen LogP contribution in [-0.4, -0.2) is 76.1 Å². The first-order valence-corrected chi connectivity index (χ1v) is 6.33. The summed E-state index contributed by atoms with van der Waals surface area (Å²) in [5.74, 6) is -0.482. The van der Waals surface area contributed by atoms with Crippen LogP contribution >= 0.6 is 0 Å². The van der Waals surface area contributed by atoms with Gasteiger partial charge in [0.1, 0.15) is 0 Å². The van der Waals surface area contributed by atoms with Crippen LogP contribution in [0, 0.1) is 0 Å². The Bertz CT molecular complexity index is 542. The van der Waals surface area contributed by atoms with E-state index in [-0.39, 0.29) is 51.4 Å². The van der Waals surface area contributed by atoms with E-state index in [2.05, 4.69) is 4.72 Å². The van der Waals surface area contributed by atoms with Gasteiger partial charge in [-0.1, -0.05) is 12.1 Å². The van der Waals surface area contributed by atoms with Crippen LogP contribution in [0.4, 0.5) is 5.69 Å². The van der Waals surface area contributed by atoms with Crippen LogP contribution in [0.2, 0.25) is 0 Å². The predicted octanol–water partition coefficient (Wildman–Crippen LogP) is 0.559. The Labute approximate surface area is 143 Å². The van der Waals surface area contributed by atoms with Gasteiger partial charge in [0.25, 0.3) is 5.91 Å². The molecule has 0 unspecified atom stereocenters. The molecule has 7 heteroatoms. The number of para-hydroxylation sites is 1. The fourth-order valence-corrected chi connectivity index (χ4v) is 3.11. The van der Waals surface area contributed by atoms with Gasteiger partial charge in [-0.25, -0.2) is 4.31 Å². The molecule has 1 aliphatic heterocycles. The van der Waals surface area contributed by atoms with Crippen molar-refractivity contribution in [3.63, 3.8) is 0 Å². The Balaban J connectivity index is 0.00000144. The summed E-state index contributed by atoms with van der Waals surface area (Å²) in [6, 6.07) is 6.16. The van der Waals surface area contributed by atoms with Gasteiger partial charge in [0.05, 0.1) is 11.3 Å². The molecule has 1 aromatic carbocycles. The van der Waals surface area contributed by atoms with Gasteiger partial charge in [0, 0.05) is 6.04 Å². The maximum atomic E-state index is 12.0. The molecule has 5 nitrogen and oxygen atoms in total. The minimum atomic E-state index is -3.75. The Morgan fingerprint density at radius 1 is 1.24 bits per heavy atom. The molecule has 0 saturated carbocycles. The number of benzene rings is 1. The molecule has 1 heterocycles. The molecule has 17 heavy (non-hydrogen) atoms. The van der Waals surface area contributed by atoms with Crippen LogP contribution < -0.4 is 4.72 Å². The minimum absolute atomic E-state index is 0. The van der Waals surface area contributed by atoms with E-state index in [0.717, 1.165) is 4.31 Å². The van der Waals surface area contributed by atoms with E-state index in [4.69, 9.17) is 0 Å². The Hall–Kier alpha value is 0.0764. The Morgan fingerprint density at radius 2 is 1.82 bits per heavy atom. The molecule has 0 fully saturated rings. The molecule has 0 atom stereocenters. The average Bonchev–Trinajstić information content (AvgIpc) is 2.15. The quantitative estimate of drug-likeness (QED) is 0.764. The molecule has 1 aromatic rings. The van der Waals surface area contributed by atoms with Crippen LogP contribution in [-0.2, 0) is 10.2 Å². The zero-order chi connectivity index (χ0) is 11.9. The van der Waals surface area contributed by atoms with Gasteiger partial charge in [0.2, 0.25) is 0 Å². The number of amides is 1. The molecule has 0 aromatic heterocycles. The van der Waals surface area contributed by atoms with Gasteiger partial charge in [-0.15, -0.1) is 0 Å². The molecule has 0 aliphatic carbocycles. The predicted molar refractivity (Wildman–Crippen MR) is 67.4 cm³/mol. The summed E-state index contributed by atoms with van der Waals surface area (Å²) < 4.78 is 26.8. The summed E-state index contributed by atoms with van der Waals surface area (Å²) in [7, 11) is -3.75. The summed E-state index contributed by atoms with van der Waals surface area (Å²) >= 11 is 0. The fourth-order valence-electron chi connectivity index (χ4n) is 1.69. The normalized spacial score (nSPS) is 17.1. The maximum absolute atomic E-state index is 12.0. The zero-order valence-corrected chi connectivity index (χ0v) is 9.78. The van der Waals surface area contributed by atoms with Gasteiger partial charge in [-0.05, 0) is 26.0 Å². The zero-order valence-electron chi connectivity index (χ0n) is 8.97. The van der Waals surface area contributed by atoms with Crippen molar-refractivity contribution in [2.75, 3.05) is 4.72 Å². The van der Waals surface area contributed by atoms with Crippen LogP contribution in [0.5, 0.6) is 0 Å². The SMILES string of the molecule is CC(C)N1C(=O)c2ccccc2NS1(=O)=O.[KH]. The monoisotopic (exact) mass is 280 g/mol. The number of anilines is 1. The number of nitrogens with zero attached hydrogens (tertiary/aromatic N) is 1. The van der Waals surface area contributed by atoms with Crippen molar-refractivity contribution in [1.29, 1.82) is 0 Å². The second-order valence-corrected chi connectivity index (χ2v) is 5.40. The standard InChI is InChI=1S/C10H12N2O3S.K.H/c1-7(2)12-10(13)8-5-3-4-6-9(8)11-16(12,14)15;;/h3-7,11H,1-2H3;;. The number of fused-ring (bicyclic) bond motifs is 1. The number of hydrogen-bond donors (Lipinski definition) is 1. The third-order valence-corrected chi connectivity index (χ3v) is 3.91. The molecular formula is C10H13KN2O3S. The molecule has 1 N–H and O–H groups in total. The van der Waals surface area contributed by atoms with Gasteiger partial charge >= 0.3 is 61.6 Å². The van der Waals surface area contributed by atoms with Crippen molar-refractivity contribution in [2.45, 2.75) is 19.9 Å². The van der Waals surface area contributed by atoms with Crippen LogP contribution in [0.3, 0.4) is 0 Å². The number of nitrogens with one attached hydrogen (secondary N) is 1. The molecule has 0 spiro atoms. The van der Waals surface area contributed by atoms with E-state index < -0.39 is 22.2 Å². The average molecular weight is 280 g/mol. The Morgan fingerprint density at radius 3 is 2.41 bits per heavy atom. The molecular weight excluding hydrogens is 267 g/mol. The number of carbonyl (C=O) groups is 1. The second-order valence-electron chi connectivity index (χ2n) is 3.85. The summed E-state index contributed by atoms with van der Waals surface area (Å²) in [5.41, 5.74) is 0.718. The van der Waals surface area contributed by atoms with Crippen molar-refractivity contribution in [1.82, 2.24) is 4.31 Å². The van der Waals surface area contributed by atoms with Crippen molar-refractivity contribution >= 4 is 73.2 Å². The van der Waals surface area contributed by atoms with Crippen molar-refractivity contribution in [2.24, 2.45) is 0 Å². The molecule has 0 radical (unpaired) electrons. The Kier molecular flexibility index (Phi) is 4.78. The number of carbonyl (C=O) groups excluding carboxylic acids is 1. The second kappa shape index (κ2) is 5.37. The molecule has 0 bridgehead atoms. The van der Waals surface area contributed by atoms with Crippen molar-refractivity contribution < 1.29 is 13.2 Å². The third-order valence-electron chi connectivity index (χ3n) is 2.32. The first kappa shape index (κ1) is 15.1. The van der Waals surface area contributed by atoms with E-state index in [1.54, 1.807) is 38.1 Å². The summed E-state index contributed by atoms with van der Waals surface area (Å²) in [6.07, 6.45) is 0. The van der Waals surface area contributed by atoms with E-state index >= 15 is 0 Å². The number of hydrogen-bond acceptors (Lipinski definition) is 3. The summed E-state index contributed by atoms with van der Waals surface area (Å²) in [6.45, 7) is 3.32. The summed E-state index contributed by atoms with van der Waals surface area (Å²) in [4.78, 5) is 12.0. The topological polar surface area (TPSA) is 66.5 Å².